The first-order valence-corrected chi connectivity index (χ1v) is 5.11. The van der Waals surface area contributed by atoms with Crippen molar-refractivity contribution in [1.82, 2.24) is 19.9 Å². The predicted molar refractivity (Wildman–Crippen MR) is 66.6 cm³/mol. The molecule has 0 saturated carbocycles. The molecule has 0 aliphatic heterocycles. The third-order valence-corrected chi connectivity index (χ3v) is 2.23. The number of fused-ring (bicyclic) bond motifs is 1. The fourth-order valence-corrected chi connectivity index (χ4v) is 1.42. The summed E-state index contributed by atoms with van der Waals surface area (Å²) >= 11 is 0. The molecule has 7 heteroatoms. The Morgan fingerprint density at radius 2 is 1.82 bits per heavy atom. The van der Waals surface area contributed by atoms with E-state index in [0.717, 1.165) is 0 Å². The van der Waals surface area contributed by atoms with Crippen LogP contribution < -0.4 is 15.4 Å². The molecule has 0 fully saturated rings. The van der Waals surface area contributed by atoms with Gasteiger partial charge >= 0.3 is 0 Å². The van der Waals surface area contributed by atoms with Crippen LogP contribution in [-0.2, 0) is 0 Å². The summed E-state index contributed by atoms with van der Waals surface area (Å²) in [6.45, 7) is 0. The molecule has 1 N–H and O–H groups in total. The van der Waals surface area contributed by atoms with Crippen molar-refractivity contribution in [3.63, 3.8) is 0 Å². The topological polar surface area (TPSA) is 78.0 Å². The number of rotatable bonds is 2. The van der Waals surface area contributed by atoms with Crippen molar-refractivity contribution in [3.05, 3.63) is 16.6 Å². The highest BCUT2D eigenvalue weighted by Crippen LogP contribution is 2.20. The number of hydrogen-bond donors (Lipinski definition) is 1. The lowest BCUT2D eigenvalue weighted by molar-refractivity contribution is 0.971. The highest BCUT2D eigenvalue weighted by molar-refractivity contribution is 5.83. The van der Waals surface area contributed by atoms with Gasteiger partial charge in [0.25, 0.3) is 5.56 Å². The Bertz CT molecular complexity index is 603. The third kappa shape index (κ3) is 2.03. The molecule has 0 spiro atoms. The lowest BCUT2D eigenvalue weighted by Crippen LogP contribution is -2.19. The number of nitrogens with one attached hydrogen (secondary N) is 1. The van der Waals surface area contributed by atoms with Gasteiger partial charge in [-0.2, -0.15) is 9.97 Å². The molecule has 0 radical (unpaired) electrons. The van der Waals surface area contributed by atoms with E-state index in [1.165, 1.54) is 6.20 Å². The van der Waals surface area contributed by atoms with Crippen LogP contribution in [0.4, 0.5) is 11.8 Å². The molecule has 0 aromatic carbocycles. The molecule has 2 heterocycles. The molecule has 0 unspecified atom stereocenters. The van der Waals surface area contributed by atoms with Gasteiger partial charge in [0.1, 0.15) is 5.52 Å². The predicted octanol–water partition coefficient (Wildman–Crippen LogP) is -0.155. The maximum absolute atomic E-state index is 11.2. The Labute approximate surface area is 98.1 Å². The van der Waals surface area contributed by atoms with Crippen molar-refractivity contribution in [2.75, 3.05) is 38.0 Å². The Morgan fingerprint density at radius 3 is 2.41 bits per heavy atom. The van der Waals surface area contributed by atoms with Gasteiger partial charge in [0.05, 0.1) is 6.20 Å². The highest BCUT2D eigenvalue weighted by Gasteiger charge is 2.12. The van der Waals surface area contributed by atoms with Crippen LogP contribution in [0.1, 0.15) is 0 Å². The standard InChI is InChI=1S/C10H14N6O/c1-15(2)9-7-8(12-6(17)5-11-7)13-10(14-9)16(3)4/h5H,1-4H3,(H,12,13,14,17). The van der Waals surface area contributed by atoms with Gasteiger partial charge in [0.15, 0.2) is 11.5 Å². The Balaban J connectivity index is 2.81. The maximum Gasteiger partial charge on any atom is 0.268 e. The first-order chi connectivity index (χ1) is 7.99. The summed E-state index contributed by atoms with van der Waals surface area (Å²) in [6.07, 6.45) is 1.23. The molecule has 2 aromatic rings. The average molecular weight is 234 g/mol. The zero-order valence-electron chi connectivity index (χ0n) is 10.2. The first-order valence-electron chi connectivity index (χ1n) is 5.11. The third-order valence-electron chi connectivity index (χ3n) is 2.23. The largest absolute Gasteiger partial charge is 0.361 e. The summed E-state index contributed by atoms with van der Waals surface area (Å²) in [5.74, 6) is 1.21. The van der Waals surface area contributed by atoms with Crippen molar-refractivity contribution in [1.29, 1.82) is 0 Å². The molecular formula is C10H14N6O. The van der Waals surface area contributed by atoms with Gasteiger partial charge in [-0.25, -0.2) is 4.98 Å². The van der Waals surface area contributed by atoms with E-state index < -0.39 is 0 Å². The Hall–Kier alpha value is -2.18. The lowest BCUT2D eigenvalue weighted by Gasteiger charge is -2.16. The molecule has 2 rings (SSSR count). The molecule has 0 aliphatic rings. The molecular weight excluding hydrogens is 220 g/mol. The van der Waals surface area contributed by atoms with Gasteiger partial charge in [-0.1, -0.05) is 0 Å². The zero-order chi connectivity index (χ0) is 12.6. The van der Waals surface area contributed by atoms with E-state index in [1.54, 1.807) is 4.90 Å². The van der Waals surface area contributed by atoms with E-state index in [9.17, 15) is 4.79 Å². The van der Waals surface area contributed by atoms with Gasteiger partial charge in [0.2, 0.25) is 5.95 Å². The zero-order valence-corrected chi connectivity index (χ0v) is 10.2. The number of aromatic amines is 1. The maximum atomic E-state index is 11.2. The van der Waals surface area contributed by atoms with Gasteiger partial charge < -0.3 is 14.8 Å². The second kappa shape index (κ2) is 4.00. The SMILES string of the molecule is CN(C)c1nc(N(C)C)c2ncc(=O)[nH]c2n1. The monoisotopic (exact) mass is 234 g/mol. The minimum atomic E-state index is -0.273. The van der Waals surface area contributed by atoms with E-state index in [4.69, 9.17) is 0 Å². The van der Waals surface area contributed by atoms with E-state index in [2.05, 4.69) is 19.9 Å². The number of anilines is 2. The number of hydrogen-bond acceptors (Lipinski definition) is 6. The van der Waals surface area contributed by atoms with Crippen LogP contribution >= 0.6 is 0 Å². The normalized spacial score (nSPS) is 10.6. The number of nitrogens with zero attached hydrogens (tertiary/aromatic N) is 5. The molecule has 7 nitrogen and oxygen atoms in total. The van der Waals surface area contributed by atoms with E-state index in [-0.39, 0.29) is 5.56 Å². The summed E-state index contributed by atoms with van der Waals surface area (Å²) < 4.78 is 0. The lowest BCUT2D eigenvalue weighted by atomic mass is 10.4. The van der Waals surface area contributed by atoms with Gasteiger partial charge in [0, 0.05) is 28.2 Å². The van der Waals surface area contributed by atoms with Crippen LogP contribution in [0.2, 0.25) is 0 Å². The summed E-state index contributed by atoms with van der Waals surface area (Å²) in [5.41, 5.74) is 0.755. The second-order valence-corrected chi connectivity index (χ2v) is 4.08. The average Bonchev–Trinajstić information content (AvgIpc) is 2.26. The van der Waals surface area contributed by atoms with Crippen LogP contribution in [0.15, 0.2) is 11.0 Å². The van der Waals surface area contributed by atoms with Crippen LogP contribution in [-0.4, -0.2) is 48.1 Å². The van der Waals surface area contributed by atoms with Crippen LogP contribution in [0, 0.1) is 0 Å². The van der Waals surface area contributed by atoms with Crippen LogP contribution in [0.25, 0.3) is 11.2 Å². The fraction of sp³-hybridized carbons (Fsp3) is 0.400. The van der Waals surface area contributed by atoms with Gasteiger partial charge in [-0.05, 0) is 0 Å². The summed E-state index contributed by atoms with van der Waals surface area (Å²) in [4.78, 5) is 30.2. The van der Waals surface area contributed by atoms with Crippen molar-refractivity contribution >= 4 is 22.9 Å². The Morgan fingerprint density at radius 1 is 1.12 bits per heavy atom. The summed E-state index contributed by atoms with van der Waals surface area (Å²) in [6, 6.07) is 0. The van der Waals surface area contributed by atoms with Crippen molar-refractivity contribution < 1.29 is 0 Å². The number of H-pyrrole nitrogens is 1. The molecule has 0 atom stereocenters. The van der Waals surface area contributed by atoms with Crippen molar-refractivity contribution in [3.8, 4) is 0 Å². The van der Waals surface area contributed by atoms with E-state index in [0.29, 0.717) is 22.9 Å². The molecule has 17 heavy (non-hydrogen) atoms. The van der Waals surface area contributed by atoms with Gasteiger partial charge in [-0.3, -0.25) is 4.79 Å². The molecule has 0 amide bonds. The van der Waals surface area contributed by atoms with Gasteiger partial charge in [-0.15, -0.1) is 0 Å². The second-order valence-electron chi connectivity index (χ2n) is 4.08. The molecule has 0 saturated heterocycles. The molecule has 90 valence electrons. The molecule has 0 bridgehead atoms. The molecule has 2 aromatic heterocycles. The Kier molecular flexibility index (Phi) is 2.66. The highest BCUT2D eigenvalue weighted by atomic mass is 16.1. The van der Waals surface area contributed by atoms with Crippen molar-refractivity contribution in [2.24, 2.45) is 0 Å². The number of aromatic nitrogens is 4. The minimum absolute atomic E-state index is 0.273. The minimum Gasteiger partial charge on any atom is -0.361 e. The van der Waals surface area contributed by atoms with Crippen LogP contribution in [0.5, 0.6) is 0 Å². The van der Waals surface area contributed by atoms with E-state index >= 15 is 0 Å². The quantitative estimate of drug-likeness (QED) is 0.778. The summed E-state index contributed by atoms with van der Waals surface area (Å²) in [5, 5.41) is 0. The smallest absolute Gasteiger partial charge is 0.268 e. The van der Waals surface area contributed by atoms with Crippen molar-refractivity contribution in [2.45, 2.75) is 0 Å². The fourth-order valence-electron chi connectivity index (χ4n) is 1.42. The summed E-state index contributed by atoms with van der Waals surface area (Å²) in [7, 11) is 7.42. The molecule has 0 aliphatic carbocycles. The van der Waals surface area contributed by atoms with E-state index in [1.807, 2.05) is 33.1 Å². The van der Waals surface area contributed by atoms with Crippen LogP contribution in [0.3, 0.4) is 0 Å². The first kappa shape index (κ1) is 11.3.